The molecule has 0 bridgehead atoms. The van der Waals surface area contributed by atoms with Gasteiger partial charge in [0.2, 0.25) is 17.7 Å². The Hall–Kier alpha value is -3.17. The molecule has 2 heterocycles. The van der Waals surface area contributed by atoms with Crippen LogP contribution in [0.2, 0.25) is 0 Å². The predicted octanol–water partition coefficient (Wildman–Crippen LogP) is 2.76. The van der Waals surface area contributed by atoms with Crippen LogP contribution < -0.4 is 0 Å². The molecule has 3 amide bonds. The number of likely N-dealkylation sites (tertiary alicyclic amines) is 1. The number of carbonyl (C=O) groups excluding carboxylic acids is 3. The van der Waals surface area contributed by atoms with Crippen LogP contribution >= 0.6 is 0 Å². The van der Waals surface area contributed by atoms with Gasteiger partial charge in [-0.1, -0.05) is 23.4 Å². The summed E-state index contributed by atoms with van der Waals surface area (Å²) in [6.45, 7) is 1.73. The number of nitrogens with zero attached hydrogens (tertiary/aromatic N) is 3. The molecule has 0 spiro atoms. The molecule has 1 unspecified atom stereocenters. The Morgan fingerprint density at radius 1 is 1.30 bits per heavy atom. The second-order valence-corrected chi connectivity index (χ2v) is 7.19. The minimum Gasteiger partial charge on any atom is -0.360 e. The zero-order valence-electron chi connectivity index (χ0n) is 16.4. The van der Waals surface area contributed by atoms with Crippen molar-refractivity contribution in [2.45, 2.75) is 37.9 Å². The maximum atomic E-state index is 13.2. The molecule has 1 aromatic heterocycles. The van der Waals surface area contributed by atoms with Gasteiger partial charge < -0.3 is 9.42 Å². The first-order chi connectivity index (χ1) is 14.1. The van der Waals surface area contributed by atoms with E-state index in [2.05, 4.69) is 5.16 Å². The number of halogens is 3. The normalized spacial score (nSPS) is 19.4. The van der Waals surface area contributed by atoms with Gasteiger partial charge in [-0.05, 0) is 18.6 Å². The summed E-state index contributed by atoms with van der Waals surface area (Å²) in [5, 5.41) is 3.55. The molecule has 160 valence electrons. The summed E-state index contributed by atoms with van der Waals surface area (Å²) in [5.74, 6) is -1.30. The Bertz CT molecular complexity index is 958. The molecule has 1 aromatic carbocycles. The van der Waals surface area contributed by atoms with E-state index in [1.165, 1.54) is 30.3 Å². The third-order valence-corrected chi connectivity index (χ3v) is 5.23. The van der Waals surface area contributed by atoms with Crippen molar-refractivity contribution < 1.29 is 32.1 Å². The molecule has 1 aliphatic rings. The second-order valence-electron chi connectivity index (χ2n) is 7.19. The van der Waals surface area contributed by atoms with E-state index >= 15 is 0 Å². The molecule has 10 heteroatoms. The SMILES string of the molecule is CCN1C(=O)CC(CC(=O)N(C)Cc2ccno2)(c2cccc(C(F)(F)F)c2)C1=O. The molecule has 7 nitrogen and oxygen atoms in total. The summed E-state index contributed by atoms with van der Waals surface area (Å²) in [6.07, 6.45) is -4.03. The van der Waals surface area contributed by atoms with Gasteiger partial charge in [-0.2, -0.15) is 13.2 Å². The quantitative estimate of drug-likeness (QED) is 0.668. The van der Waals surface area contributed by atoms with Crippen LogP contribution in [0.5, 0.6) is 0 Å². The average molecular weight is 423 g/mol. The number of hydrogen-bond donors (Lipinski definition) is 0. The lowest BCUT2D eigenvalue weighted by Gasteiger charge is -2.29. The van der Waals surface area contributed by atoms with E-state index in [1.54, 1.807) is 13.0 Å². The van der Waals surface area contributed by atoms with Gasteiger partial charge in [0, 0.05) is 32.5 Å². The molecule has 1 fully saturated rings. The van der Waals surface area contributed by atoms with E-state index in [0.717, 1.165) is 17.0 Å². The van der Waals surface area contributed by atoms with E-state index in [4.69, 9.17) is 4.52 Å². The zero-order chi connectivity index (χ0) is 22.1. The molecular weight excluding hydrogens is 403 g/mol. The molecule has 30 heavy (non-hydrogen) atoms. The van der Waals surface area contributed by atoms with Crippen molar-refractivity contribution in [1.29, 1.82) is 0 Å². The van der Waals surface area contributed by atoms with E-state index in [9.17, 15) is 27.6 Å². The standard InChI is InChI=1S/C20H20F3N3O4/c1-3-26-17(28)11-19(18(26)29,13-5-4-6-14(9-13)20(21,22)23)10-16(27)25(2)12-15-7-8-24-30-15/h4-9H,3,10-12H2,1-2H3. The fraction of sp³-hybridized carbons (Fsp3) is 0.400. The summed E-state index contributed by atoms with van der Waals surface area (Å²) >= 11 is 0. The van der Waals surface area contributed by atoms with Gasteiger partial charge in [0.1, 0.15) is 0 Å². The smallest absolute Gasteiger partial charge is 0.360 e. The molecule has 0 N–H and O–H groups in total. The third-order valence-electron chi connectivity index (χ3n) is 5.23. The van der Waals surface area contributed by atoms with Crippen LogP contribution in [0, 0.1) is 0 Å². The number of carbonyl (C=O) groups is 3. The first kappa shape index (κ1) is 21.5. The summed E-state index contributed by atoms with van der Waals surface area (Å²) < 4.78 is 44.7. The first-order valence-electron chi connectivity index (χ1n) is 9.24. The van der Waals surface area contributed by atoms with E-state index in [-0.39, 0.29) is 25.1 Å². The summed E-state index contributed by atoms with van der Waals surface area (Å²) in [4.78, 5) is 40.7. The molecular formula is C20H20F3N3O4. The molecule has 0 radical (unpaired) electrons. The topological polar surface area (TPSA) is 83.7 Å². The Labute approximate surface area is 170 Å². The van der Waals surface area contributed by atoms with Gasteiger partial charge in [-0.15, -0.1) is 0 Å². The van der Waals surface area contributed by atoms with Crippen LogP contribution in [-0.4, -0.2) is 46.3 Å². The highest BCUT2D eigenvalue weighted by Gasteiger charge is 2.54. The number of imide groups is 1. The van der Waals surface area contributed by atoms with Gasteiger partial charge in [0.25, 0.3) is 0 Å². The number of hydrogen-bond acceptors (Lipinski definition) is 5. The van der Waals surface area contributed by atoms with Crippen LogP contribution in [0.15, 0.2) is 41.1 Å². The highest BCUT2D eigenvalue weighted by atomic mass is 19.4. The molecule has 1 saturated heterocycles. The van der Waals surface area contributed by atoms with Gasteiger partial charge in [-0.25, -0.2) is 0 Å². The predicted molar refractivity (Wildman–Crippen MR) is 97.7 cm³/mol. The molecule has 3 rings (SSSR count). The van der Waals surface area contributed by atoms with Crippen molar-refractivity contribution in [3.05, 3.63) is 53.4 Å². The highest BCUT2D eigenvalue weighted by molar-refractivity contribution is 6.10. The van der Waals surface area contributed by atoms with Crippen LogP contribution in [0.1, 0.15) is 36.7 Å². The summed E-state index contributed by atoms with van der Waals surface area (Å²) in [6, 6.07) is 5.82. The Kier molecular flexibility index (Phi) is 5.69. The number of amides is 3. The molecule has 0 aliphatic carbocycles. The fourth-order valence-electron chi connectivity index (χ4n) is 3.62. The lowest BCUT2D eigenvalue weighted by atomic mass is 9.75. The lowest BCUT2D eigenvalue weighted by Crippen LogP contribution is -2.42. The van der Waals surface area contributed by atoms with Crippen LogP contribution in [0.4, 0.5) is 13.2 Å². The maximum absolute atomic E-state index is 13.2. The van der Waals surface area contributed by atoms with Crippen molar-refractivity contribution >= 4 is 17.7 Å². The zero-order valence-corrected chi connectivity index (χ0v) is 16.4. The molecule has 0 saturated carbocycles. The molecule has 1 atom stereocenters. The highest BCUT2D eigenvalue weighted by Crippen LogP contribution is 2.42. The third kappa shape index (κ3) is 3.94. The summed E-state index contributed by atoms with van der Waals surface area (Å²) in [7, 11) is 1.48. The van der Waals surface area contributed by atoms with Gasteiger partial charge in [0.05, 0.1) is 23.7 Å². The largest absolute Gasteiger partial charge is 0.416 e. The Morgan fingerprint density at radius 3 is 2.60 bits per heavy atom. The van der Waals surface area contributed by atoms with Crippen molar-refractivity contribution in [2.24, 2.45) is 0 Å². The van der Waals surface area contributed by atoms with Crippen LogP contribution in [0.3, 0.4) is 0 Å². The fourth-order valence-corrected chi connectivity index (χ4v) is 3.62. The average Bonchev–Trinajstić information content (AvgIpc) is 3.28. The number of alkyl halides is 3. The number of likely N-dealkylation sites (N-methyl/N-ethyl adjacent to an activating group) is 1. The van der Waals surface area contributed by atoms with Crippen molar-refractivity contribution in [3.8, 4) is 0 Å². The van der Waals surface area contributed by atoms with Crippen molar-refractivity contribution in [3.63, 3.8) is 0 Å². The van der Waals surface area contributed by atoms with Gasteiger partial charge in [-0.3, -0.25) is 19.3 Å². The number of rotatable bonds is 6. The van der Waals surface area contributed by atoms with Crippen molar-refractivity contribution in [2.75, 3.05) is 13.6 Å². The molecule has 2 aromatic rings. The Balaban J connectivity index is 1.98. The van der Waals surface area contributed by atoms with Gasteiger partial charge in [0.15, 0.2) is 5.76 Å². The number of benzene rings is 1. The monoisotopic (exact) mass is 423 g/mol. The number of aromatic nitrogens is 1. The van der Waals surface area contributed by atoms with Crippen molar-refractivity contribution in [1.82, 2.24) is 15.0 Å². The Morgan fingerprint density at radius 2 is 2.03 bits per heavy atom. The van der Waals surface area contributed by atoms with E-state index in [1.807, 2.05) is 0 Å². The van der Waals surface area contributed by atoms with Crippen LogP contribution in [0.25, 0.3) is 0 Å². The maximum Gasteiger partial charge on any atom is 0.416 e. The second kappa shape index (κ2) is 7.92. The van der Waals surface area contributed by atoms with Gasteiger partial charge >= 0.3 is 6.18 Å². The van der Waals surface area contributed by atoms with E-state index in [0.29, 0.717) is 5.76 Å². The minimum absolute atomic E-state index is 0.00644. The molecule has 1 aliphatic heterocycles. The van der Waals surface area contributed by atoms with E-state index < -0.39 is 41.3 Å². The first-order valence-corrected chi connectivity index (χ1v) is 9.24. The van der Waals surface area contributed by atoms with Crippen LogP contribution in [-0.2, 0) is 32.5 Å². The minimum atomic E-state index is -4.62. The summed E-state index contributed by atoms with van der Waals surface area (Å²) in [5.41, 5.74) is -2.65. The lowest BCUT2D eigenvalue weighted by molar-refractivity contribution is -0.142.